The summed E-state index contributed by atoms with van der Waals surface area (Å²) < 4.78 is 5.67. The molecule has 0 saturated carbocycles. The van der Waals surface area contributed by atoms with Crippen LogP contribution in [-0.2, 0) is 4.79 Å². The number of aromatic nitrogens is 3. The molecule has 2 aromatic carbocycles. The molecule has 0 bridgehead atoms. The quantitative estimate of drug-likeness (QED) is 0.351. The minimum Gasteiger partial charge on any atom is -0.336 e. The predicted molar refractivity (Wildman–Crippen MR) is 117 cm³/mol. The summed E-state index contributed by atoms with van der Waals surface area (Å²) in [7, 11) is 0. The maximum absolute atomic E-state index is 12.6. The van der Waals surface area contributed by atoms with E-state index in [1.165, 1.54) is 18.2 Å². The first-order valence-electron chi connectivity index (χ1n) is 8.74. The molecular formula is C21H13Cl3N4O2. The molecule has 2 aromatic heterocycles. The van der Waals surface area contributed by atoms with Crippen LogP contribution in [0.15, 0.2) is 65.6 Å². The number of anilines is 2. The van der Waals surface area contributed by atoms with E-state index in [0.29, 0.717) is 43.3 Å². The van der Waals surface area contributed by atoms with Crippen molar-refractivity contribution < 1.29 is 9.32 Å². The van der Waals surface area contributed by atoms with Crippen LogP contribution in [0.4, 0.5) is 11.6 Å². The first-order valence-corrected chi connectivity index (χ1v) is 9.87. The zero-order valence-electron chi connectivity index (χ0n) is 15.5. The molecule has 6 nitrogen and oxygen atoms in total. The van der Waals surface area contributed by atoms with Crippen molar-refractivity contribution in [1.82, 2.24) is 15.1 Å². The normalized spacial score (nSPS) is 10.8. The zero-order valence-corrected chi connectivity index (χ0v) is 17.8. The number of rotatable bonds is 4. The molecule has 30 heavy (non-hydrogen) atoms. The van der Waals surface area contributed by atoms with Gasteiger partial charge in [-0.2, -0.15) is 0 Å². The summed E-state index contributed by atoms with van der Waals surface area (Å²) >= 11 is 18.6. The molecule has 4 rings (SSSR count). The minimum atomic E-state index is -0.310. The average Bonchev–Trinajstić information content (AvgIpc) is 3.16. The first-order chi connectivity index (χ1) is 14.5. The third-order valence-electron chi connectivity index (χ3n) is 4.32. The van der Waals surface area contributed by atoms with Crippen LogP contribution >= 0.6 is 34.8 Å². The molecule has 0 aliphatic carbocycles. The van der Waals surface area contributed by atoms with Crippen molar-refractivity contribution in [3.63, 3.8) is 0 Å². The number of benzene rings is 2. The maximum Gasteiger partial charge on any atom is 0.248 e. The van der Waals surface area contributed by atoms with Crippen LogP contribution in [0.5, 0.6) is 0 Å². The summed E-state index contributed by atoms with van der Waals surface area (Å²) in [5.41, 5.74) is 2.56. The second kappa shape index (κ2) is 8.44. The molecule has 4 aromatic rings. The van der Waals surface area contributed by atoms with E-state index >= 15 is 0 Å². The Morgan fingerprint density at radius 1 is 1.00 bits per heavy atom. The summed E-state index contributed by atoms with van der Waals surface area (Å²) in [6.07, 6.45) is 2.99. The van der Waals surface area contributed by atoms with E-state index in [9.17, 15) is 4.79 Å². The highest BCUT2D eigenvalue weighted by Gasteiger charge is 2.29. The van der Waals surface area contributed by atoms with Crippen LogP contribution < -0.4 is 4.90 Å². The molecule has 0 atom stereocenters. The molecule has 0 saturated heterocycles. The Labute approximate surface area is 187 Å². The Morgan fingerprint density at radius 3 is 2.47 bits per heavy atom. The van der Waals surface area contributed by atoms with Crippen LogP contribution in [0.2, 0.25) is 15.1 Å². The fourth-order valence-corrected chi connectivity index (χ4v) is 3.52. The van der Waals surface area contributed by atoms with Crippen LogP contribution in [-0.4, -0.2) is 21.0 Å². The monoisotopic (exact) mass is 458 g/mol. The molecule has 0 aliphatic heterocycles. The van der Waals surface area contributed by atoms with Crippen molar-refractivity contribution in [2.45, 2.75) is 6.92 Å². The Morgan fingerprint density at radius 2 is 1.80 bits per heavy atom. The van der Waals surface area contributed by atoms with Gasteiger partial charge in [-0.25, -0.2) is 14.9 Å². The Bertz CT molecular complexity index is 1230. The number of nitrogens with zero attached hydrogens (tertiary/aromatic N) is 4. The largest absolute Gasteiger partial charge is 0.336 e. The van der Waals surface area contributed by atoms with Gasteiger partial charge in [-0.05, 0) is 30.3 Å². The number of para-hydroxylation sites is 1. The number of carbonyl (C=O) groups is 1. The maximum atomic E-state index is 12.6. The highest BCUT2D eigenvalue weighted by molar-refractivity contribution is 6.42. The van der Waals surface area contributed by atoms with E-state index < -0.39 is 0 Å². The summed E-state index contributed by atoms with van der Waals surface area (Å²) in [5.74, 6) is -0.134. The van der Waals surface area contributed by atoms with Gasteiger partial charge in [-0.15, -0.1) is 0 Å². The standard InChI is InChI=1S/C21H13Cl3N4O2/c1-12(29)28(18-5-3-2-4-15(18)23)21-19(17-8-9-25-11-26-17)20(27-30-21)13-6-7-14(22)16(24)10-13/h2-11H,1H3. The molecular weight excluding hydrogens is 447 g/mol. The van der Waals surface area contributed by atoms with E-state index in [2.05, 4.69) is 15.1 Å². The van der Waals surface area contributed by atoms with Gasteiger partial charge in [0.1, 0.15) is 12.0 Å². The lowest BCUT2D eigenvalue weighted by Crippen LogP contribution is -2.23. The fourth-order valence-electron chi connectivity index (χ4n) is 3.00. The third kappa shape index (κ3) is 3.77. The van der Waals surface area contributed by atoms with Gasteiger partial charge in [0.05, 0.1) is 32.0 Å². The molecule has 0 spiro atoms. The van der Waals surface area contributed by atoms with Gasteiger partial charge >= 0.3 is 0 Å². The molecule has 2 heterocycles. The fraction of sp³-hybridized carbons (Fsp3) is 0.0476. The van der Waals surface area contributed by atoms with Gasteiger partial charge in [0.25, 0.3) is 0 Å². The van der Waals surface area contributed by atoms with Crippen LogP contribution in [0.25, 0.3) is 22.5 Å². The third-order valence-corrected chi connectivity index (χ3v) is 5.38. The zero-order chi connectivity index (χ0) is 21.3. The van der Waals surface area contributed by atoms with Gasteiger partial charge in [-0.1, -0.05) is 58.2 Å². The topological polar surface area (TPSA) is 72.1 Å². The van der Waals surface area contributed by atoms with Crippen molar-refractivity contribution in [2.24, 2.45) is 0 Å². The van der Waals surface area contributed by atoms with Gasteiger partial charge in [-0.3, -0.25) is 4.79 Å². The second-order valence-electron chi connectivity index (χ2n) is 6.24. The van der Waals surface area contributed by atoms with Crippen molar-refractivity contribution in [3.8, 4) is 22.5 Å². The van der Waals surface area contributed by atoms with Crippen LogP contribution in [0.1, 0.15) is 6.92 Å². The lowest BCUT2D eigenvalue weighted by atomic mass is 10.0. The molecule has 0 unspecified atom stereocenters. The van der Waals surface area contributed by atoms with E-state index in [-0.39, 0.29) is 11.8 Å². The van der Waals surface area contributed by atoms with Gasteiger partial charge < -0.3 is 4.52 Å². The number of hydrogen-bond donors (Lipinski definition) is 0. The van der Waals surface area contributed by atoms with Crippen LogP contribution in [0.3, 0.4) is 0 Å². The van der Waals surface area contributed by atoms with Gasteiger partial charge in [0, 0.05) is 18.7 Å². The molecule has 0 radical (unpaired) electrons. The number of amides is 1. The van der Waals surface area contributed by atoms with E-state index in [4.69, 9.17) is 39.3 Å². The van der Waals surface area contributed by atoms with Gasteiger partial charge in [0.15, 0.2) is 0 Å². The van der Waals surface area contributed by atoms with Crippen molar-refractivity contribution >= 4 is 52.3 Å². The number of hydrogen-bond acceptors (Lipinski definition) is 5. The van der Waals surface area contributed by atoms with E-state index in [1.54, 1.807) is 54.7 Å². The molecule has 1 amide bonds. The summed E-state index contributed by atoms with van der Waals surface area (Å²) in [6, 6.07) is 13.7. The number of halogens is 3. The van der Waals surface area contributed by atoms with Crippen molar-refractivity contribution in [1.29, 1.82) is 0 Å². The Hall–Kier alpha value is -2.93. The average molecular weight is 460 g/mol. The lowest BCUT2D eigenvalue weighted by Gasteiger charge is -2.20. The van der Waals surface area contributed by atoms with E-state index in [0.717, 1.165) is 0 Å². The highest BCUT2D eigenvalue weighted by Crippen LogP contribution is 2.43. The Kier molecular flexibility index (Phi) is 5.72. The number of carbonyl (C=O) groups excluding carboxylic acids is 1. The predicted octanol–water partition coefficient (Wildman–Crippen LogP) is 6.44. The summed E-state index contributed by atoms with van der Waals surface area (Å²) in [4.78, 5) is 22.3. The molecule has 9 heteroatoms. The highest BCUT2D eigenvalue weighted by atomic mass is 35.5. The molecule has 0 N–H and O–H groups in total. The SMILES string of the molecule is CC(=O)N(c1ccccc1Cl)c1onc(-c2ccc(Cl)c(Cl)c2)c1-c1ccncn1. The Balaban J connectivity index is 1.98. The smallest absolute Gasteiger partial charge is 0.248 e. The van der Waals surface area contributed by atoms with Crippen molar-refractivity contribution in [3.05, 3.63) is 76.1 Å². The van der Waals surface area contributed by atoms with Crippen LogP contribution in [0, 0.1) is 0 Å². The van der Waals surface area contributed by atoms with E-state index in [1.807, 2.05) is 0 Å². The summed E-state index contributed by atoms with van der Waals surface area (Å²) in [5, 5.41) is 5.38. The summed E-state index contributed by atoms with van der Waals surface area (Å²) in [6.45, 7) is 1.41. The first kappa shape index (κ1) is 20.3. The molecule has 0 aliphatic rings. The van der Waals surface area contributed by atoms with Gasteiger partial charge in [0.2, 0.25) is 11.8 Å². The molecule has 150 valence electrons. The lowest BCUT2D eigenvalue weighted by molar-refractivity contribution is -0.116. The van der Waals surface area contributed by atoms with Crippen molar-refractivity contribution in [2.75, 3.05) is 4.90 Å². The minimum absolute atomic E-state index is 0.176. The second-order valence-corrected chi connectivity index (χ2v) is 7.46. The molecule has 0 fully saturated rings.